The molecule has 0 saturated carbocycles. The highest BCUT2D eigenvalue weighted by molar-refractivity contribution is 5.88. The molecule has 2 aromatic heterocycles. The molecule has 0 aliphatic carbocycles. The van der Waals surface area contributed by atoms with E-state index < -0.39 is 11.2 Å². The fourth-order valence-corrected chi connectivity index (χ4v) is 3.01. The van der Waals surface area contributed by atoms with E-state index in [9.17, 15) is 14.4 Å². The predicted octanol–water partition coefficient (Wildman–Crippen LogP) is 2.28. The molecule has 0 aliphatic rings. The Labute approximate surface area is 170 Å². The molecule has 4 aromatic rings. The van der Waals surface area contributed by atoms with E-state index in [4.69, 9.17) is 4.74 Å². The lowest BCUT2D eigenvalue weighted by Gasteiger charge is -2.09. The van der Waals surface area contributed by atoms with Gasteiger partial charge in [-0.15, -0.1) is 0 Å². The van der Waals surface area contributed by atoms with Crippen molar-refractivity contribution in [3.63, 3.8) is 0 Å². The lowest BCUT2D eigenvalue weighted by Crippen LogP contribution is -2.35. The molecule has 2 aromatic carbocycles. The van der Waals surface area contributed by atoms with E-state index in [1.807, 2.05) is 0 Å². The number of carbonyl (C=O) groups is 1. The van der Waals surface area contributed by atoms with Crippen LogP contribution in [0.5, 0.6) is 11.8 Å². The maximum Gasteiger partial charge on any atom is 0.329 e. The number of benzene rings is 2. The average Bonchev–Trinajstić information content (AvgIpc) is 2.72. The van der Waals surface area contributed by atoms with E-state index in [1.165, 1.54) is 13.0 Å². The Morgan fingerprint density at radius 3 is 2.67 bits per heavy atom. The van der Waals surface area contributed by atoms with Gasteiger partial charge in [-0.3, -0.25) is 14.2 Å². The molecule has 9 heteroatoms. The van der Waals surface area contributed by atoms with Crippen molar-refractivity contribution in [3.8, 4) is 11.8 Å². The first kappa shape index (κ1) is 19.1. The minimum absolute atomic E-state index is 0.0460. The summed E-state index contributed by atoms with van der Waals surface area (Å²) in [7, 11) is 0. The molecule has 2 N–H and O–H groups in total. The zero-order valence-electron chi connectivity index (χ0n) is 16.0. The van der Waals surface area contributed by atoms with Crippen LogP contribution in [0.1, 0.15) is 12.5 Å². The number of hydrogen-bond donors (Lipinski definition) is 2. The number of nitrogens with one attached hydrogen (secondary N) is 2. The van der Waals surface area contributed by atoms with Crippen molar-refractivity contribution in [2.45, 2.75) is 13.5 Å². The molecule has 30 heavy (non-hydrogen) atoms. The number of fused-ring (bicyclic) bond motifs is 1. The molecule has 1 amide bonds. The second-order valence-corrected chi connectivity index (χ2v) is 6.54. The summed E-state index contributed by atoms with van der Waals surface area (Å²) in [6, 6.07) is 13.5. The lowest BCUT2D eigenvalue weighted by atomic mass is 10.2. The second-order valence-electron chi connectivity index (χ2n) is 6.54. The lowest BCUT2D eigenvalue weighted by molar-refractivity contribution is -0.114. The van der Waals surface area contributed by atoms with Gasteiger partial charge in [-0.1, -0.05) is 12.1 Å². The summed E-state index contributed by atoms with van der Waals surface area (Å²) in [5.41, 5.74) is 0.687. The van der Waals surface area contributed by atoms with Gasteiger partial charge in [-0.25, -0.2) is 14.8 Å². The van der Waals surface area contributed by atoms with Gasteiger partial charge in [-0.2, -0.15) is 0 Å². The molecule has 2 heterocycles. The zero-order valence-corrected chi connectivity index (χ0v) is 16.0. The van der Waals surface area contributed by atoms with Crippen LogP contribution in [0.4, 0.5) is 5.69 Å². The number of carbonyl (C=O) groups excluding carboxylic acids is 1. The monoisotopic (exact) mass is 403 g/mol. The fourth-order valence-electron chi connectivity index (χ4n) is 3.01. The van der Waals surface area contributed by atoms with Gasteiger partial charge in [0, 0.05) is 25.0 Å². The van der Waals surface area contributed by atoms with Crippen LogP contribution in [0.15, 0.2) is 70.5 Å². The van der Waals surface area contributed by atoms with Gasteiger partial charge in [0.05, 0.1) is 17.4 Å². The topological polar surface area (TPSA) is 119 Å². The van der Waals surface area contributed by atoms with E-state index >= 15 is 0 Å². The van der Waals surface area contributed by atoms with Crippen LogP contribution in [-0.4, -0.2) is 25.4 Å². The van der Waals surface area contributed by atoms with E-state index in [-0.39, 0.29) is 18.5 Å². The van der Waals surface area contributed by atoms with Gasteiger partial charge in [0.15, 0.2) is 0 Å². The molecule has 0 aliphatic heterocycles. The molecule has 150 valence electrons. The quantitative estimate of drug-likeness (QED) is 0.528. The highest BCUT2D eigenvalue weighted by Crippen LogP contribution is 2.20. The zero-order chi connectivity index (χ0) is 21.1. The highest BCUT2D eigenvalue weighted by Gasteiger charge is 2.11. The molecule has 0 saturated heterocycles. The highest BCUT2D eigenvalue weighted by atomic mass is 16.5. The minimum Gasteiger partial charge on any atom is -0.424 e. The molecule has 0 spiro atoms. The molecular formula is C21H17N5O4. The van der Waals surface area contributed by atoms with Gasteiger partial charge < -0.3 is 15.0 Å². The molecule has 4 rings (SSSR count). The van der Waals surface area contributed by atoms with Crippen LogP contribution in [0.25, 0.3) is 10.9 Å². The number of aromatic amines is 1. The van der Waals surface area contributed by atoms with Crippen LogP contribution in [-0.2, 0) is 11.3 Å². The Balaban J connectivity index is 1.71. The summed E-state index contributed by atoms with van der Waals surface area (Å²) >= 11 is 0. The number of rotatable bonds is 5. The van der Waals surface area contributed by atoms with Crippen molar-refractivity contribution < 1.29 is 9.53 Å². The van der Waals surface area contributed by atoms with Crippen molar-refractivity contribution in [2.75, 3.05) is 5.32 Å². The summed E-state index contributed by atoms with van der Waals surface area (Å²) in [4.78, 5) is 47.4. The third-order valence-corrected chi connectivity index (χ3v) is 4.29. The Bertz CT molecular complexity index is 1350. The van der Waals surface area contributed by atoms with Crippen LogP contribution in [0.3, 0.4) is 0 Å². The summed E-state index contributed by atoms with van der Waals surface area (Å²) in [5.74, 6) is 0.167. The van der Waals surface area contributed by atoms with Crippen molar-refractivity contribution >= 4 is 22.5 Å². The number of amides is 1. The Morgan fingerprint density at radius 2 is 1.90 bits per heavy atom. The maximum atomic E-state index is 13.0. The first-order valence-corrected chi connectivity index (χ1v) is 9.08. The molecule has 0 unspecified atom stereocenters. The molecule has 9 nitrogen and oxygen atoms in total. The minimum atomic E-state index is -0.530. The summed E-state index contributed by atoms with van der Waals surface area (Å²) in [6.45, 7) is 1.45. The van der Waals surface area contributed by atoms with Gasteiger partial charge in [0.25, 0.3) is 5.56 Å². The largest absolute Gasteiger partial charge is 0.424 e. The molecule has 0 radical (unpaired) electrons. The Hall–Kier alpha value is -4.27. The number of anilines is 1. The molecule has 0 fully saturated rings. The van der Waals surface area contributed by atoms with Gasteiger partial charge in [-0.05, 0) is 42.0 Å². The number of hydrogen-bond acceptors (Lipinski definition) is 6. The van der Waals surface area contributed by atoms with Crippen LogP contribution >= 0.6 is 0 Å². The molecule has 0 atom stereocenters. The van der Waals surface area contributed by atoms with E-state index in [0.29, 0.717) is 27.9 Å². The number of ether oxygens (including phenoxy) is 1. The maximum absolute atomic E-state index is 13.0. The number of aromatic nitrogens is 4. The van der Waals surface area contributed by atoms with Crippen molar-refractivity contribution in [3.05, 3.63) is 87.3 Å². The van der Waals surface area contributed by atoms with Crippen LogP contribution in [0, 0.1) is 0 Å². The normalized spacial score (nSPS) is 10.7. The van der Waals surface area contributed by atoms with Gasteiger partial charge in [0.1, 0.15) is 5.75 Å². The standard InChI is InChI=1S/C21H17N5O4/c1-13(27)24-15-5-2-4-14(10-15)12-26-19(28)17-11-16(6-7-18(17)25-21(26)29)30-20-22-8-3-9-23-20/h2-11H,12H2,1H3,(H,24,27)(H,25,29). The van der Waals surface area contributed by atoms with Crippen molar-refractivity contribution in [1.29, 1.82) is 0 Å². The van der Waals surface area contributed by atoms with Crippen molar-refractivity contribution in [2.24, 2.45) is 0 Å². The predicted molar refractivity (Wildman–Crippen MR) is 111 cm³/mol. The third kappa shape index (κ3) is 4.09. The van der Waals surface area contributed by atoms with Crippen LogP contribution in [0.2, 0.25) is 0 Å². The smallest absolute Gasteiger partial charge is 0.329 e. The van der Waals surface area contributed by atoms with Gasteiger partial charge >= 0.3 is 11.7 Å². The first-order chi connectivity index (χ1) is 14.5. The Morgan fingerprint density at radius 1 is 1.10 bits per heavy atom. The van der Waals surface area contributed by atoms with Crippen LogP contribution < -0.4 is 21.3 Å². The SMILES string of the molecule is CC(=O)Nc1cccc(Cn2c(=O)[nH]c3ccc(Oc4ncccn4)cc3c2=O)c1. The second kappa shape index (κ2) is 8.00. The molecule has 0 bridgehead atoms. The summed E-state index contributed by atoms with van der Waals surface area (Å²) in [6.07, 6.45) is 3.09. The Kier molecular flexibility index (Phi) is 5.08. The summed E-state index contributed by atoms with van der Waals surface area (Å²) < 4.78 is 6.68. The number of nitrogens with zero attached hydrogens (tertiary/aromatic N) is 3. The third-order valence-electron chi connectivity index (χ3n) is 4.29. The average molecular weight is 403 g/mol. The fraction of sp³-hybridized carbons (Fsp3) is 0.0952. The van der Waals surface area contributed by atoms with Crippen molar-refractivity contribution in [1.82, 2.24) is 19.5 Å². The molecular weight excluding hydrogens is 386 g/mol. The van der Waals surface area contributed by atoms with E-state index in [1.54, 1.807) is 54.9 Å². The summed E-state index contributed by atoms with van der Waals surface area (Å²) in [5, 5.41) is 2.97. The van der Waals surface area contributed by atoms with Gasteiger partial charge in [0.2, 0.25) is 5.91 Å². The van der Waals surface area contributed by atoms with E-state index in [2.05, 4.69) is 20.3 Å². The first-order valence-electron chi connectivity index (χ1n) is 9.08. The number of H-pyrrole nitrogens is 1. The van der Waals surface area contributed by atoms with E-state index in [0.717, 1.165) is 4.57 Å².